The van der Waals surface area contributed by atoms with E-state index >= 15 is 0 Å². The minimum absolute atomic E-state index is 0.664. The molecule has 0 saturated carbocycles. The number of rotatable bonds is 2. The van der Waals surface area contributed by atoms with Gasteiger partial charge in [-0.1, -0.05) is 11.6 Å². The second-order valence-electron chi connectivity index (χ2n) is 2.15. The largest absolute Gasteiger partial charge is 0.322 e. The Balaban J connectivity index is 2.82. The second kappa shape index (κ2) is 3.94. The van der Waals surface area contributed by atoms with Crippen LogP contribution in [0, 0.1) is 0 Å². The van der Waals surface area contributed by atoms with E-state index in [1.807, 2.05) is 0 Å². The van der Waals surface area contributed by atoms with Crippen LogP contribution in [-0.4, -0.2) is 6.34 Å². The van der Waals surface area contributed by atoms with E-state index in [0.717, 1.165) is 5.69 Å². The Kier molecular flexibility index (Phi) is 2.90. The summed E-state index contributed by atoms with van der Waals surface area (Å²) in [5.74, 6) is 10.4. The summed E-state index contributed by atoms with van der Waals surface area (Å²) in [5, 5.41) is 5.24. The van der Waals surface area contributed by atoms with Gasteiger partial charge in [-0.2, -0.15) is 5.10 Å². The smallest absolute Gasteiger partial charge is 0.129 e. The van der Waals surface area contributed by atoms with Crippen molar-refractivity contribution in [3.8, 4) is 0 Å². The molecule has 0 aliphatic rings. The van der Waals surface area contributed by atoms with Crippen LogP contribution in [0.15, 0.2) is 29.4 Å². The lowest BCUT2D eigenvalue weighted by atomic mass is 10.3. The summed E-state index contributed by atoms with van der Waals surface area (Å²) in [6, 6.07) is 7.01. The van der Waals surface area contributed by atoms with Crippen LogP contribution < -0.4 is 16.7 Å². The normalized spacial score (nSPS) is 10.5. The van der Waals surface area contributed by atoms with Gasteiger partial charge in [0.05, 0.1) is 5.69 Å². The Morgan fingerprint density at radius 3 is 2.42 bits per heavy atom. The number of hydrazine groups is 1. The molecule has 0 saturated heterocycles. The average Bonchev–Trinajstić information content (AvgIpc) is 2.06. The fraction of sp³-hybridized carbons (Fsp3) is 0. The molecule has 0 heterocycles. The first-order chi connectivity index (χ1) is 5.74. The zero-order valence-electron chi connectivity index (χ0n) is 6.31. The first-order valence-corrected chi connectivity index (χ1v) is 3.64. The number of hydrazone groups is 1. The van der Waals surface area contributed by atoms with Crippen LogP contribution in [0.3, 0.4) is 0 Å². The van der Waals surface area contributed by atoms with Gasteiger partial charge in [-0.3, -0.25) is 5.01 Å². The average molecular weight is 185 g/mol. The molecule has 0 aliphatic heterocycles. The maximum Gasteiger partial charge on any atom is 0.129 e. The molecule has 0 fully saturated rings. The Morgan fingerprint density at radius 2 is 1.92 bits per heavy atom. The maximum atomic E-state index is 5.68. The number of nitrogens with two attached hydrogens (primary N) is 2. The Morgan fingerprint density at radius 1 is 1.33 bits per heavy atom. The molecule has 4 nitrogen and oxygen atoms in total. The first-order valence-electron chi connectivity index (χ1n) is 3.27. The highest BCUT2D eigenvalue weighted by Crippen LogP contribution is 2.14. The summed E-state index contributed by atoms with van der Waals surface area (Å²) in [6.45, 7) is 0. The van der Waals surface area contributed by atoms with Gasteiger partial charge in [-0.25, -0.2) is 5.84 Å². The first kappa shape index (κ1) is 8.83. The van der Waals surface area contributed by atoms with Gasteiger partial charge in [0, 0.05) is 5.02 Å². The lowest BCUT2D eigenvalue weighted by molar-refractivity contribution is 1.12. The van der Waals surface area contributed by atoms with Crippen molar-refractivity contribution in [3.05, 3.63) is 29.3 Å². The van der Waals surface area contributed by atoms with Crippen LogP contribution in [0.25, 0.3) is 0 Å². The third-order valence-corrected chi connectivity index (χ3v) is 1.57. The van der Waals surface area contributed by atoms with Gasteiger partial charge in [0.25, 0.3) is 0 Å². The number of nitrogens with zero attached hydrogens (tertiary/aromatic N) is 2. The van der Waals surface area contributed by atoms with Crippen LogP contribution in [0.5, 0.6) is 0 Å². The highest BCUT2D eigenvalue weighted by atomic mass is 35.5. The monoisotopic (exact) mass is 184 g/mol. The van der Waals surface area contributed by atoms with E-state index in [4.69, 9.17) is 23.3 Å². The van der Waals surface area contributed by atoms with Crippen LogP contribution in [-0.2, 0) is 0 Å². The number of hydrogen-bond acceptors (Lipinski definition) is 3. The fourth-order valence-corrected chi connectivity index (χ4v) is 0.878. The molecule has 0 radical (unpaired) electrons. The fourth-order valence-electron chi connectivity index (χ4n) is 0.752. The van der Waals surface area contributed by atoms with E-state index in [2.05, 4.69) is 5.10 Å². The molecule has 0 amide bonds. The molecule has 0 spiro atoms. The van der Waals surface area contributed by atoms with E-state index in [1.54, 1.807) is 24.3 Å². The minimum atomic E-state index is 0.664. The Bertz CT molecular complexity index is 269. The highest BCUT2D eigenvalue weighted by Gasteiger charge is 1.96. The quantitative estimate of drug-likeness (QED) is 0.311. The lowest BCUT2D eigenvalue weighted by Crippen LogP contribution is -2.29. The molecule has 64 valence electrons. The van der Waals surface area contributed by atoms with Crippen molar-refractivity contribution in [3.63, 3.8) is 0 Å². The van der Waals surface area contributed by atoms with Gasteiger partial charge in [0.1, 0.15) is 6.34 Å². The van der Waals surface area contributed by atoms with Gasteiger partial charge in [-0.05, 0) is 24.3 Å². The summed E-state index contributed by atoms with van der Waals surface area (Å²) in [7, 11) is 0. The van der Waals surface area contributed by atoms with Gasteiger partial charge >= 0.3 is 0 Å². The minimum Gasteiger partial charge on any atom is -0.322 e. The number of anilines is 1. The molecule has 0 unspecified atom stereocenters. The molecule has 12 heavy (non-hydrogen) atoms. The van der Waals surface area contributed by atoms with Crippen molar-refractivity contribution in [1.82, 2.24) is 0 Å². The molecule has 4 N–H and O–H groups in total. The molecule has 0 bridgehead atoms. The van der Waals surface area contributed by atoms with Crippen molar-refractivity contribution in [1.29, 1.82) is 0 Å². The number of halogens is 1. The van der Waals surface area contributed by atoms with Crippen molar-refractivity contribution < 1.29 is 0 Å². The molecule has 0 atom stereocenters. The zero-order valence-corrected chi connectivity index (χ0v) is 7.07. The zero-order chi connectivity index (χ0) is 8.97. The molecule has 0 aromatic heterocycles. The third kappa shape index (κ3) is 2.11. The predicted molar refractivity (Wildman–Crippen MR) is 50.8 cm³/mol. The summed E-state index contributed by atoms with van der Waals surface area (Å²) in [5.41, 5.74) is 0.772. The molecule has 1 aromatic carbocycles. The molecule has 0 aliphatic carbocycles. The van der Waals surface area contributed by atoms with Gasteiger partial charge < -0.3 is 5.84 Å². The van der Waals surface area contributed by atoms with Crippen LogP contribution in [0.2, 0.25) is 5.02 Å². The molecule has 1 rings (SSSR count). The lowest BCUT2D eigenvalue weighted by Gasteiger charge is -2.11. The van der Waals surface area contributed by atoms with E-state index in [1.165, 1.54) is 11.3 Å². The molecular weight excluding hydrogens is 176 g/mol. The third-order valence-electron chi connectivity index (χ3n) is 1.32. The van der Waals surface area contributed by atoms with E-state index in [0.29, 0.717) is 5.02 Å². The summed E-state index contributed by atoms with van der Waals surface area (Å²) in [4.78, 5) is 0. The van der Waals surface area contributed by atoms with Gasteiger partial charge in [0.2, 0.25) is 0 Å². The standard InChI is InChI=1S/C7H9ClN4/c8-6-1-3-7(4-2-6)12(10)5-11-9/h1-5H,9-10H2/b11-5-. The van der Waals surface area contributed by atoms with Gasteiger partial charge in [-0.15, -0.1) is 0 Å². The van der Waals surface area contributed by atoms with Crippen molar-refractivity contribution in [2.75, 3.05) is 5.01 Å². The van der Waals surface area contributed by atoms with Crippen LogP contribution >= 0.6 is 11.6 Å². The van der Waals surface area contributed by atoms with Crippen molar-refractivity contribution >= 4 is 23.6 Å². The Labute approximate surface area is 75.4 Å². The molecule has 5 heteroatoms. The number of benzene rings is 1. The second-order valence-corrected chi connectivity index (χ2v) is 2.58. The van der Waals surface area contributed by atoms with Crippen molar-refractivity contribution in [2.45, 2.75) is 0 Å². The van der Waals surface area contributed by atoms with E-state index < -0.39 is 0 Å². The topological polar surface area (TPSA) is 67.6 Å². The Hall–Kier alpha value is -1.26. The maximum absolute atomic E-state index is 5.68. The molecular formula is C7H9ClN4. The van der Waals surface area contributed by atoms with E-state index in [9.17, 15) is 0 Å². The number of hydrogen-bond donors (Lipinski definition) is 2. The predicted octanol–water partition coefficient (Wildman–Crippen LogP) is 0.922. The highest BCUT2D eigenvalue weighted by molar-refractivity contribution is 6.30. The summed E-state index contributed by atoms with van der Waals surface area (Å²) < 4.78 is 0. The van der Waals surface area contributed by atoms with Crippen molar-refractivity contribution in [2.24, 2.45) is 16.8 Å². The van der Waals surface area contributed by atoms with Crippen LogP contribution in [0.4, 0.5) is 5.69 Å². The molecule has 1 aromatic rings. The van der Waals surface area contributed by atoms with Gasteiger partial charge in [0.15, 0.2) is 0 Å². The SMILES string of the molecule is N/N=C\N(N)c1ccc(Cl)cc1. The summed E-state index contributed by atoms with van der Waals surface area (Å²) in [6.07, 6.45) is 1.31. The van der Waals surface area contributed by atoms with Crippen LogP contribution in [0.1, 0.15) is 0 Å². The summed E-state index contributed by atoms with van der Waals surface area (Å²) >= 11 is 5.68. The van der Waals surface area contributed by atoms with E-state index in [-0.39, 0.29) is 0 Å².